The molecule has 8 rings (SSSR count). The van der Waals surface area contributed by atoms with Crippen molar-refractivity contribution in [1.29, 1.82) is 0 Å². The van der Waals surface area contributed by atoms with Crippen LogP contribution in [0.2, 0.25) is 0 Å². The van der Waals surface area contributed by atoms with Gasteiger partial charge in [-0.15, -0.1) is 0 Å². The molecule has 0 bridgehead atoms. The number of aromatic nitrogens is 4. The number of imidazole rings is 2. The molecule has 0 radical (unpaired) electrons. The van der Waals surface area contributed by atoms with E-state index in [4.69, 9.17) is 14.2 Å². The zero-order valence-electron chi connectivity index (χ0n) is 35.2. The number of rotatable bonds is 14. The highest BCUT2D eigenvalue weighted by molar-refractivity contribution is 5.91. The number of carbonyl (C=O) groups excluding carboxylic acids is 3. The zero-order valence-corrected chi connectivity index (χ0v) is 35.2. The van der Waals surface area contributed by atoms with Gasteiger partial charge in [0.1, 0.15) is 24.3 Å². The summed E-state index contributed by atoms with van der Waals surface area (Å²) in [5.41, 5.74) is 6.14. The van der Waals surface area contributed by atoms with Gasteiger partial charge < -0.3 is 39.7 Å². The van der Waals surface area contributed by atoms with E-state index in [1.54, 1.807) is 12.4 Å². The third-order valence-electron chi connectivity index (χ3n) is 11.9. The number of hydrogen-bond donors (Lipinski definition) is 4. The second kappa shape index (κ2) is 19.2. The first-order valence-electron chi connectivity index (χ1n) is 21.4. The molecule has 63 heavy (non-hydrogen) atoms. The summed E-state index contributed by atoms with van der Waals surface area (Å²) in [5, 5.41) is 7.69. The van der Waals surface area contributed by atoms with Gasteiger partial charge in [0, 0.05) is 25.2 Å². The van der Waals surface area contributed by atoms with Crippen LogP contribution in [0.15, 0.2) is 103 Å². The number of carbonyl (C=O) groups is 3. The normalized spacial score (nSPS) is 17.3. The zero-order chi connectivity index (χ0) is 43.9. The van der Waals surface area contributed by atoms with Crippen molar-refractivity contribution in [1.82, 2.24) is 35.5 Å². The predicted molar refractivity (Wildman–Crippen MR) is 233 cm³/mol. The Balaban J connectivity index is 0.939. The van der Waals surface area contributed by atoms with E-state index in [9.17, 15) is 14.4 Å². The van der Waals surface area contributed by atoms with E-state index in [1.165, 1.54) is 7.11 Å². The number of likely N-dealkylation sites (tertiary alicyclic amines) is 1. The van der Waals surface area contributed by atoms with Gasteiger partial charge in [-0.2, -0.15) is 0 Å². The number of alkyl halides is 2. The van der Waals surface area contributed by atoms with Gasteiger partial charge in [0.25, 0.3) is 5.92 Å². The van der Waals surface area contributed by atoms with Crippen LogP contribution in [0.4, 0.5) is 18.4 Å². The Kier molecular flexibility index (Phi) is 13.1. The Hall–Kier alpha value is -6.61. The molecule has 4 heterocycles. The average Bonchev–Trinajstić information content (AvgIpc) is 4.08. The number of aromatic amines is 2. The summed E-state index contributed by atoms with van der Waals surface area (Å²) in [4.78, 5) is 55.8. The Labute approximate surface area is 364 Å². The maximum Gasteiger partial charge on any atom is 0.408 e. The summed E-state index contributed by atoms with van der Waals surface area (Å²) in [6.07, 6.45) is 5.09. The van der Waals surface area contributed by atoms with Crippen LogP contribution in [-0.4, -0.2) is 81.8 Å². The lowest BCUT2D eigenvalue weighted by molar-refractivity contribution is -0.138. The van der Waals surface area contributed by atoms with Crippen molar-refractivity contribution in [2.24, 2.45) is 5.92 Å². The molecule has 0 spiro atoms. The van der Waals surface area contributed by atoms with E-state index in [-0.39, 0.29) is 24.4 Å². The number of alkyl carbamates (subject to hydrolysis) is 2. The number of methoxy groups -OCH3 is 1. The van der Waals surface area contributed by atoms with Crippen molar-refractivity contribution in [3.8, 4) is 33.6 Å². The Morgan fingerprint density at radius 1 is 0.841 bits per heavy atom. The number of nitrogens with one attached hydrogen (secondary N) is 4. The van der Waals surface area contributed by atoms with Crippen LogP contribution in [-0.2, 0) is 25.6 Å². The number of ether oxygens (including phenoxy) is 3. The first-order chi connectivity index (χ1) is 30.6. The van der Waals surface area contributed by atoms with Crippen LogP contribution in [0.1, 0.15) is 74.7 Å². The van der Waals surface area contributed by atoms with Gasteiger partial charge in [-0.3, -0.25) is 4.79 Å². The molecule has 2 saturated heterocycles. The van der Waals surface area contributed by atoms with E-state index in [0.29, 0.717) is 44.0 Å². The van der Waals surface area contributed by atoms with Crippen LogP contribution >= 0.6 is 0 Å². The van der Waals surface area contributed by atoms with Gasteiger partial charge in [-0.25, -0.2) is 28.3 Å². The van der Waals surface area contributed by atoms with Gasteiger partial charge in [0.2, 0.25) is 5.91 Å². The number of amides is 3. The summed E-state index contributed by atoms with van der Waals surface area (Å²) >= 11 is 0. The number of halogens is 2. The van der Waals surface area contributed by atoms with Crippen molar-refractivity contribution in [3.63, 3.8) is 0 Å². The maximum atomic E-state index is 15.0. The molecular weight excluding hydrogens is 809 g/mol. The molecule has 2 aliphatic rings. The number of hydrogen-bond acceptors (Lipinski definition) is 8. The van der Waals surface area contributed by atoms with Crippen LogP contribution in [0.5, 0.6) is 0 Å². The van der Waals surface area contributed by atoms with Crippen molar-refractivity contribution >= 4 is 28.9 Å². The van der Waals surface area contributed by atoms with Gasteiger partial charge in [0.15, 0.2) is 0 Å². The van der Waals surface area contributed by atoms with Crippen molar-refractivity contribution in [3.05, 3.63) is 121 Å². The lowest BCUT2D eigenvalue weighted by Crippen LogP contribution is -2.53. The largest absolute Gasteiger partial charge is 0.453 e. The molecule has 2 aromatic heterocycles. The Morgan fingerprint density at radius 3 is 2.24 bits per heavy atom. The second-order valence-electron chi connectivity index (χ2n) is 16.2. The number of H-pyrrole nitrogens is 2. The molecule has 13 nitrogen and oxygen atoms in total. The molecule has 0 saturated carbocycles. The molecule has 328 valence electrons. The van der Waals surface area contributed by atoms with E-state index < -0.39 is 49.1 Å². The molecule has 15 heteroatoms. The smallest absolute Gasteiger partial charge is 0.408 e. The highest BCUT2D eigenvalue weighted by atomic mass is 19.3. The second-order valence-corrected chi connectivity index (χ2v) is 16.2. The third-order valence-corrected chi connectivity index (χ3v) is 11.9. The van der Waals surface area contributed by atoms with Gasteiger partial charge in [0.05, 0.1) is 49.5 Å². The molecule has 4 N–H and O–H groups in total. The minimum Gasteiger partial charge on any atom is -0.453 e. The van der Waals surface area contributed by atoms with Gasteiger partial charge in [-0.05, 0) is 70.3 Å². The van der Waals surface area contributed by atoms with Crippen molar-refractivity contribution in [2.45, 2.75) is 76.1 Å². The quantitative estimate of drug-likeness (QED) is 0.0842. The molecule has 3 atom stereocenters. The summed E-state index contributed by atoms with van der Waals surface area (Å²) in [7, 11) is 1.20. The SMILES string of the molecule is CCCC[C@H](NC(=O)OCc1ccccc1)c1ncc(-c2ccc3cc(-c4ccc(-c5cnc([C@@H]6CC(F)(F)CN6C(=O)[C@@H](NC(=O)OC)C6CCOCC6)[nH]5)cc4)ccc3c2)[nH]1. The molecule has 3 amide bonds. The minimum absolute atomic E-state index is 0.185. The first-order valence-corrected chi connectivity index (χ1v) is 21.4. The maximum absolute atomic E-state index is 15.0. The monoisotopic (exact) mass is 859 g/mol. The highest BCUT2D eigenvalue weighted by Crippen LogP contribution is 2.42. The number of fused-ring (bicyclic) bond motifs is 1. The standard InChI is InChI=1S/C48H51F2N7O6/c1-3-4-10-38(55-47(60)63-28-30-8-6-5-7-9-30)43-51-27-40(53-43)37-18-17-35-23-34(15-16-36(35)24-37)31-11-13-32(14-12-31)39-26-52-44(54-39)41-25-48(49,50)29-57(41)45(58)42(56-46(59)61-2)33-19-21-62-22-20-33/h5-9,11-18,23-24,26-27,33,38,41-42H,3-4,10,19-22,25,28-29H2,1-2H3,(H,51,53)(H,52,54)(H,55,60)(H,56,59)/t38-,41-,42-/m0/s1. The molecule has 6 aromatic rings. The average molecular weight is 860 g/mol. The third kappa shape index (κ3) is 10.2. The van der Waals surface area contributed by atoms with Crippen LogP contribution in [0, 0.1) is 5.92 Å². The van der Waals surface area contributed by atoms with Crippen molar-refractivity contribution in [2.75, 3.05) is 26.9 Å². The molecule has 4 aromatic carbocycles. The topological polar surface area (TPSA) is 164 Å². The summed E-state index contributed by atoms with van der Waals surface area (Å²) in [6.45, 7) is 2.32. The summed E-state index contributed by atoms with van der Waals surface area (Å²) < 4.78 is 45.7. The molecule has 0 unspecified atom stereocenters. The molecular formula is C48H51F2N7O6. The van der Waals surface area contributed by atoms with E-state index in [2.05, 4.69) is 67.8 Å². The number of nitrogens with zero attached hydrogens (tertiary/aromatic N) is 3. The molecule has 2 fully saturated rings. The fourth-order valence-corrected chi connectivity index (χ4v) is 8.43. The lowest BCUT2D eigenvalue weighted by atomic mass is 9.90. The minimum atomic E-state index is -3.14. The van der Waals surface area contributed by atoms with E-state index in [0.717, 1.165) is 62.0 Å². The molecule has 2 aliphatic heterocycles. The van der Waals surface area contributed by atoms with E-state index in [1.807, 2.05) is 60.7 Å². The molecule has 0 aliphatic carbocycles. The predicted octanol–water partition coefficient (Wildman–Crippen LogP) is 9.50. The Morgan fingerprint density at radius 2 is 1.51 bits per heavy atom. The van der Waals surface area contributed by atoms with Crippen LogP contribution in [0.25, 0.3) is 44.4 Å². The summed E-state index contributed by atoms with van der Waals surface area (Å²) in [5.74, 6) is -3.11. The first kappa shape index (κ1) is 43.1. The van der Waals surface area contributed by atoms with Crippen LogP contribution in [0.3, 0.4) is 0 Å². The summed E-state index contributed by atoms with van der Waals surface area (Å²) in [6, 6.07) is 27.5. The van der Waals surface area contributed by atoms with Gasteiger partial charge in [-0.1, -0.05) is 98.6 Å². The van der Waals surface area contributed by atoms with Crippen LogP contribution < -0.4 is 10.6 Å². The number of benzene rings is 4. The fraction of sp³-hybridized carbons (Fsp3) is 0.354. The number of unbranched alkanes of at least 4 members (excludes halogenated alkanes) is 1. The highest BCUT2D eigenvalue weighted by Gasteiger charge is 2.51. The Bertz CT molecular complexity index is 2520. The fourth-order valence-electron chi connectivity index (χ4n) is 8.43. The lowest BCUT2D eigenvalue weighted by Gasteiger charge is -2.33. The van der Waals surface area contributed by atoms with Gasteiger partial charge >= 0.3 is 12.2 Å². The van der Waals surface area contributed by atoms with E-state index >= 15 is 8.78 Å². The van der Waals surface area contributed by atoms with Crippen molar-refractivity contribution < 1.29 is 37.4 Å².